The van der Waals surface area contributed by atoms with E-state index in [1.165, 1.54) is 5.56 Å². The minimum absolute atomic E-state index is 0.817. The van der Waals surface area contributed by atoms with Crippen LogP contribution in [0.1, 0.15) is 11.3 Å². The van der Waals surface area contributed by atoms with Gasteiger partial charge in [-0.05, 0) is 11.6 Å². The van der Waals surface area contributed by atoms with E-state index in [1.54, 1.807) is 6.33 Å². The Morgan fingerprint density at radius 3 is 2.53 bits per heavy atom. The van der Waals surface area contributed by atoms with Crippen molar-refractivity contribution < 1.29 is 0 Å². The van der Waals surface area contributed by atoms with Gasteiger partial charge in [-0.1, -0.05) is 60.7 Å². The highest BCUT2D eigenvalue weighted by atomic mass is 14.8. The first kappa shape index (κ1) is 11.6. The molecule has 0 N–H and O–H groups in total. The van der Waals surface area contributed by atoms with Crippen LogP contribution in [0.4, 0.5) is 0 Å². The van der Waals surface area contributed by atoms with E-state index in [9.17, 15) is 0 Å². The molecule has 19 heavy (non-hydrogen) atoms. The molecule has 0 bridgehead atoms. The van der Waals surface area contributed by atoms with Crippen LogP contribution in [-0.2, 0) is 6.42 Å². The fourth-order valence-electron chi connectivity index (χ4n) is 2.09. The van der Waals surface area contributed by atoms with Crippen LogP contribution in [-0.4, -0.2) is 9.97 Å². The summed E-state index contributed by atoms with van der Waals surface area (Å²) in [5.74, 6) is 0. The fraction of sp³-hybridized carbons (Fsp3) is 0.0588. The Morgan fingerprint density at radius 1 is 0.842 bits per heavy atom. The summed E-state index contributed by atoms with van der Waals surface area (Å²) in [7, 11) is 0. The van der Waals surface area contributed by atoms with Gasteiger partial charge >= 0.3 is 0 Å². The van der Waals surface area contributed by atoms with Gasteiger partial charge in [0.25, 0.3) is 0 Å². The van der Waals surface area contributed by atoms with Gasteiger partial charge in [-0.25, -0.2) is 9.97 Å². The molecule has 2 heteroatoms. The molecule has 0 aliphatic rings. The lowest BCUT2D eigenvalue weighted by Crippen LogP contribution is -1.91. The summed E-state index contributed by atoms with van der Waals surface area (Å²) < 4.78 is 0. The molecule has 3 aromatic rings. The highest BCUT2D eigenvalue weighted by molar-refractivity contribution is 5.80. The Kier molecular flexibility index (Phi) is 3.32. The fourth-order valence-corrected chi connectivity index (χ4v) is 2.09. The Labute approximate surface area is 112 Å². The molecule has 0 aliphatic carbocycles. The third-order valence-electron chi connectivity index (χ3n) is 3.05. The van der Waals surface area contributed by atoms with Crippen molar-refractivity contribution in [2.45, 2.75) is 6.42 Å². The second kappa shape index (κ2) is 5.44. The molecule has 1 aromatic heterocycles. The molecule has 2 nitrogen and oxygen atoms in total. The van der Waals surface area contributed by atoms with Crippen LogP contribution < -0.4 is 0 Å². The molecule has 92 valence electrons. The van der Waals surface area contributed by atoms with Crippen molar-refractivity contribution >= 4 is 17.0 Å². The minimum atomic E-state index is 0.817. The molecule has 0 aliphatic heterocycles. The zero-order chi connectivity index (χ0) is 12.9. The van der Waals surface area contributed by atoms with Crippen molar-refractivity contribution in [2.24, 2.45) is 0 Å². The van der Waals surface area contributed by atoms with Gasteiger partial charge in [-0.15, -0.1) is 0 Å². The van der Waals surface area contributed by atoms with Crippen LogP contribution in [0.15, 0.2) is 67.0 Å². The van der Waals surface area contributed by atoms with Gasteiger partial charge in [-0.2, -0.15) is 0 Å². The average Bonchev–Trinajstić information content (AvgIpc) is 2.49. The molecule has 1 heterocycles. The molecular weight excluding hydrogens is 232 g/mol. The lowest BCUT2D eigenvalue weighted by atomic mass is 10.1. The largest absolute Gasteiger partial charge is 0.240 e. The van der Waals surface area contributed by atoms with Crippen LogP contribution in [0.5, 0.6) is 0 Å². The summed E-state index contributed by atoms with van der Waals surface area (Å²) in [5.41, 5.74) is 3.28. The molecule has 0 spiro atoms. The molecule has 3 rings (SSSR count). The number of fused-ring (bicyclic) bond motifs is 1. The predicted molar refractivity (Wildman–Crippen MR) is 78.7 cm³/mol. The second-order valence-electron chi connectivity index (χ2n) is 4.35. The number of nitrogens with zero attached hydrogens (tertiary/aromatic N) is 2. The number of para-hydroxylation sites is 1. The predicted octanol–water partition coefficient (Wildman–Crippen LogP) is 3.89. The summed E-state index contributed by atoms with van der Waals surface area (Å²) in [4.78, 5) is 8.65. The third-order valence-corrected chi connectivity index (χ3v) is 3.05. The molecule has 0 saturated heterocycles. The van der Waals surface area contributed by atoms with E-state index in [0.717, 1.165) is 23.0 Å². The average molecular weight is 246 g/mol. The standard InChI is InChI=1S/C17H14N2/c1-2-7-14(8-3-1)9-6-12-17-15-10-4-5-11-16(15)18-13-19-17/h1-11,13H,12H2. The van der Waals surface area contributed by atoms with E-state index < -0.39 is 0 Å². The monoisotopic (exact) mass is 246 g/mol. The van der Waals surface area contributed by atoms with Crippen molar-refractivity contribution in [2.75, 3.05) is 0 Å². The van der Waals surface area contributed by atoms with Crippen LogP contribution in [0.3, 0.4) is 0 Å². The summed E-state index contributed by atoms with van der Waals surface area (Å²) in [6.07, 6.45) is 6.72. The molecular formula is C17H14N2. The van der Waals surface area contributed by atoms with Crippen molar-refractivity contribution in [1.82, 2.24) is 9.97 Å². The SMILES string of the molecule is C(=Cc1ccccc1)Cc1ncnc2ccccc12. The Balaban J connectivity index is 1.84. The first-order chi connectivity index (χ1) is 9.43. The number of benzene rings is 2. The Morgan fingerprint density at radius 2 is 1.63 bits per heavy atom. The number of aromatic nitrogens is 2. The highest BCUT2D eigenvalue weighted by Gasteiger charge is 2.00. The van der Waals surface area contributed by atoms with Gasteiger partial charge in [0, 0.05) is 11.8 Å². The molecule has 2 aromatic carbocycles. The summed E-state index contributed by atoms with van der Waals surface area (Å²) in [6.45, 7) is 0. The van der Waals surface area contributed by atoms with Gasteiger partial charge in [0.15, 0.2) is 0 Å². The Hall–Kier alpha value is -2.48. The molecule has 0 amide bonds. The quantitative estimate of drug-likeness (QED) is 0.700. The molecule has 0 saturated carbocycles. The molecule has 0 atom stereocenters. The molecule has 0 radical (unpaired) electrons. The maximum Gasteiger partial charge on any atom is 0.116 e. The van der Waals surface area contributed by atoms with E-state index in [0.29, 0.717) is 0 Å². The number of allylic oxidation sites excluding steroid dienone is 1. The van der Waals surface area contributed by atoms with E-state index >= 15 is 0 Å². The smallest absolute Gasteiger partial charge is 0.116 e. The van der Waals surface area contributed by atoms with Gasteiger partial charge < -0.3 is 0 Å². The van der Waals surface area contributed by atoms with Gasteiger partial charge in [0.1, 0.15) is 6.33 Å². The van der Waals surface area contributed by atoms with E-state index in [-0.39, 0.29) is 0 Å². The van der Waals surface area contributed by atoms with Crippen LogP contribution >= 0.6 is 0 Å². The maximum absolute atomic E-state index is 4.38. The van der Waals surface area contributed by atoms with Crippen LogP contribution in [0, 0.1) is 0 Å². The second-order valence-corrected chi connectivity index (χ2v) is 4.35. The summed E-state index contributed by atoms with van der Waals surface area (Å²) in [6, 6.07) is 18.4. The van der Waals surface area contributed by atoms with E-state index in [1.807, 2.05) is 36.4 Å². The van der Waals surface area contributed by atoms with Crippen molar-refractivity contribution in [3.05, 3.63) is 78.3 Å². The minimum Gasteiger partial charge on any atom is -0.240 e. The normalized spacial score (nSPS) is 11.2. The topological polar surface area (TPSA) is 25.8 Å². The van der Waals surface area contributed by atoms with Gasteiger partial charge in [0.2, 0.25) is 0 Å². The highest BCUT2D eigenvalue weighted by Crippen LogP contribution is 2.15. The summed E-state index contributed by atoms with van der Waals surface area (Å²) in [5, 5.41) is 1.13. The van der Waals surface area contributed by atoms with Crippen molar-refractivity contribution in [3.8, 4) is 0 Å². The molecule has 0 fully saturated rings. The van der Waals surface area contributed by atoms with Crippen molar-refractivity contribution in [3.63, 3.8) is 0 Å². The van der Waals surface area contributed by atoms with E-state index in [2.05, 4.69) is 40.3 Å². The van der Waals surface area contributed by atoms with Crippen LogP contribution in [0.2, 0.25) is 0 Å². The lowest BCUT2D eigenvalue weighted by Gasteiger charge is -2.01. The van der Waals surface area contributed by atoms with Crippen LogP contribution in [0.25, 0.3) is 17.0 Å². The maximum atomic E-state index is 4.38. The molecule has 0 unspecified atom stereocenters. The van der Waals surface area contributed by atoms with Gasteiger partial charge in [0.05, 0.1) is 11.2 Å². The first-order valence-corrected chi connectivity index (χ1v) is 6.34. The first-order valence-electron chi connectivity index (χ1n) is 6.34. The van der Waals surface area contributed by atoms with Crippen molar-refractivity contribution in [1.29, 1.82) is 0 Å². The number of hydrogen-bond donors (Lipinski definition) is 0. The Bertz CT molecular complexity index is 697. The van der Waals surface area contributed by atoms with Gasteiger partial charge in [-0.3, -0.25) is 0 Å². The summed E-state index contributed by atoms with van der Waals surface area (Å²) >= 11 is 0. The number of hydrogen-bond acceptors (Lipinski definition) is 2. The zero-order valence-electron chi connectivity index (χ0n) is 10.5. The van der Waals surface area contributed by atoms with E-state index in [4.69, 9.17) is 0 Å². The zero-order valence-corrected chi connectivity index (χ0v) is 10.5. The number of rotatable bonds is 3. The lowest BCUT2D eigenvalue weighted by molar-refractivity contribution is 1.09. The third kappa shape index (κ3) is 2.68.